The highest BCUT2D eigenvalue weighted by atomic mass is 16.1. The summed E-state index contributed by atoms with van der Waals surface area (Å²) in [7, 11) is 0. The summed E-state index contributed by atoms with van der Waals surface area (Å²) in [5.41, 5.74) is 3.72. The second-order valence-electron chi connectivity index (χ2n) is 5.78. The number of benzene rings is 1. The molecule has 0 saturated heterocycles. The average Bonchev–Trinajstić information content (AvgIpc) is 2.97. The van der Waals surface area contributed by atoms with Gasteiger partial charge in [-0.05, 0) is 35.7 Å². The summed E-state index contributed by atoms with van der Waals surface area (Å²) < 4.78 is 0. The number of aromatic nitrogens is 2. The lowest BCUT2D eigenvalue weighted by Crippen LogP contribution is -2.27. The summed E-state index contributed by atoms with van der Waals surface area (Å²) in [6.45, 7) is 4.84. The van der Waals surface area contributed by atoms with E-state index < -0.39 is 0 Å². The van der Waals surface area contributed by atoms with Gasteiger partial charge in [0, 0.05) is 35.5 Å². The highest BCUT2D eigenvalue weighted by Crippen LogP contribution is 2.27. The van der Waals surface area contributed by atoms with Gasteiger partial charge in [-0.3, -0.25) is 4.79 Å². The monoisotopic (exact) mass is 293 g/mol. The Morgan fingerprint density at radius 2 is 2.00 bits per heavy atom. The molecule has 1 aromatic carbocycles. The number of nitrogens with zero attached hydrogens (tertiary/aromatic N) is 1. The molecule has 4 heteroatoms. The predicted molar refractivity (Wildman–Crippen MR) is 88.7 cm³/mol. The van der Waals surface area contributed by atoms with Crippen LogP contribution in [0.2, 0.25) is 0 Å². The SMILES string of the molecule is CC(C)CNC(=O)c1ccc(-c2c[nH]c3ncccc23)cc1. The zero-order valence-electron chi connectivity index (χ0n) is 12.8. The van der Waals surface area contributed by atoms with Crippen molar-refractivity contribution in [1.29, 1.82) is 0 Å². The Labute approximate surface area is 129 Å². The van der Waals surface area contributed by atoms with Crippen molar-refractivity contribution < 1.29 is 4.79 Å². The molecule has 4 nitrogen and oxygen atoms in total. The topological polar surface area (TPSA) is 57.8 Å². The molecule has 112 valence electrons. The van der Waals surface area contributed by atoms with E-state index in [1.54, 1.807) is 6.20 Å². The first kappa shape index (κ1) is 14.3. The second kappa shape index (κ2) is 6.02. The molecule has 3 rings (SSSR count). The van der Waals surface area contributed by atoms with E-state index in [-0.39, 0.29) is 5.91 Å². The van der Waals surface area contributed by atoms with E-state index in [0.29, 0.717) is 18.0 Å². The minimum Gasteiger partial charge on any atom is -0.352 e. The molecule has 2 N–H and O–H groups in total. The standard InChI is InChI=1S/C18H19N3O/c1-12(2)10-21-18(22)14-7-5-13(6-8-14)16-11-20-17-15(16)4-3-9-19-17/h3-9,11-12H,10H2,1-2H3,(H,19,20)(H,21,22). The molecule has 0 radical (unpaired) electrons. The lowest BCUT2D eigenvalue weighted by Gasteiger charge is -2.08. The van der Waals surface area contributed by atoms with Crippen molar-refractivity contribution >= 4 is 16.9 Å². The van der Waals surface area contributed by atoms with E-state index >= 15 is 0 Å². The number of fused-ring (bicyclic) bond motifs is 1. The van der Waals surface area contributed by atoms with Crippen LogP contribution in [0.25, 0.3) is 22.2 Å². The van der Waals surface area contributed by atoms with Crippen LogP contribution in [0.3, 0.4) is 0 Å². The maximum absolute atomic E-state index is 12.0. The minimum atomic E-state index is -0.0270. The summed E-state index contributed by atoms with van der Waals surface area (Å²) in [6, 6.07) is 11.6. The van der Waals surface area contributed by atoms with Crippen LogP contribution in [0.5, 0.6) is 0 Å². The normalized spacial score (nSPS) is 11.0. The van der Waals surface area contributed by atoms with E-state index in [0.717, 1.165) is 22.2 Å². The first-order chi connectivity index (χ1) is 10.6. The molecule has 0 aliphatic rings. The quantitative estimate of drug-likeness (QED) is 0.772. The van der Waals surface area contributed by atoms with Crippen LogP contribution >= 0.6 is 0 Å². The summed E-state index contributed by atoms with van der Waals surface area (Å²) in [5.74, 6) is 0.419. The maximum Gasteiger partial charge on any atom is 0.251 e. The number of carbonyl (C=O) groups excluding carboxylic acids is 1. The highest BCUT2D eigenvalue weighted by molar-refractivity contribution is 5.96. The number of hydrogen-bond acceptors (Lipinski definition) is 2. The van der Waals surface area contributed by atoms with Gasteiger partial charge in [0.05, 0.1) is 0 Å². The first-order valence-corrected chi connectivity index (χ1v) is 7.46. The average molecular weight is 293 g/mol. The largest absolute Gasteiger partial charge is 0.352 e. The molecule has 0 unspecified atom stereocenters. The molecular weight excluding hydrogens is 274 g/mol. The van der Waals surface area contributed by atoms with Crippen LogP contribution in [-0.4, -0.2) is 22.4 Å². The van der Waals surface area contributed by atoms with Gasteiger partial charge in [0.2, 0.25) is 0 Å². The van der Waals surface area contributed by atoms with Gasteiger partial charge in [0.15, 0.2) is 0 Å². The zero-order valence-corrected chi connectivity index (χ0v) is 12.8. The molecule has 2 heterocycles. The Bertz CT molecular complexity index is 787. The molecule has 22 heavy (non-hydrogen) atoms. The fourth-order valence-corrected chi connectivity index (χ4v) is 2.39. The lowest BCUT2D eigenvalue weighted by atomic mass is 10.0. The number of nitrogens with one attached hydrogen (secondary N) is 2. The van der Waals surface area contributed by atoms with Crippen molar-refractivity contribution in [3.05, 3.63) is 54.4 Å². The van der Waals surface area contributed by atoms with E-state index in [1.807, 2.05) is 42.6 Å². The van der Waals surface area contributed by atoms with Crippen molar-refractivity contribution in [3.8, 4) is 11.1 Å². The molecule has 0 atom stereocenters. The van der Waals surface area contributed by atoms with Gasteiger partial charge in [-0.1, -0.05) is 26.0 Å². The molecule has 0 bridgehead atoms. The second-order valence-corrected chi connectivity index (χ2v) is 5.78. The van der Waals surface area contributed by atoms with E-state index in [4.69, 9.17) is 0 Å². The van der Waals surface area contributed by atoms with Crippen LogP contribution < -0.4 is 5.32 Å². The lowest BCUT2D eigenvalue weighted by molar-refractivity contribution is 0.0949. The summed E-state index contributed by atoms with van der Waals surface area (Å²) in [5, 5.41) is 4.01. The number of hydrogen-bond donors (Lipinski definition) is 2. The third-order valence-corrected chi connectivity index (χ3v) is 3.58. The fraction of sp³-hybridized carbons (Fsp3) is 0.222. The van der Waals surface area contributed by atoms with Gasteiger partial charge in [-0.2, -0.15) is 0 Å². The Morgan fingerprint density at radius 1 is 1.23 bits per heavy atom. The van der Waals surface area contributed by atoms with Crippen molar-refractivity contribution in [2.45, 2.75) is 13.8 Å². The van der Waals surface area contributed by atoms with Gasteiger partial charge in [-0.15, -0.1) is 0 Å². The minimum absolute atomic E-state index is 0.0270. The van der Waals surface area contributed by atoms with E-state index in [9.17, 15) is 4.79 Å². The summed E-state index contributed by atoms with van der Waals surface area (Å²) in [6.07, 6.45) is 3.72. The fourth-order valence-electron chi connectivity index (χ4n) is 2.39. The maximum atomic E-state index is 12.0. The Hall–Kier alpha value is -2.62. The number of carbonyl (C=O) groups is 1. The number of amides is 1. The smallest absolute Gasteiger partial charge is 0.251 e. The number of pyridine rings is 1. The van der Waals surface area contributed by atoms with E-state index in [1.165, 1.54) is 0 Å². The van der Waals surface area contributed by atoms with Gasteiger partial charge < -0.3 is 10.3 Å². The van der Waals surface area contributed by atoms with Crippen LogP contribution in [0.15, 0.2) is 48.8 Å². The van der Waals surface area contributed by atoms with Gasteiger partial charge in [0.1, 0.15) is 5.65 Å². The number of aromatic amines is 1. The van der Waals surface area contributed by atoms with Gasteiger partial charge in [-0.25, -0.2) is 4.98 Å². The molecule has 0 fully saturated rings. The molecule has 0 spiro atoms. The number of H-pyrrole nitrogens is 1. The third-order valence-electron chi connectivity index (χ3n) is 3.58. The third kappa shape index (κ3) is 2.86. The van der Waals surface area contributed by atoms with Gasteiger partial charge in [0.25, 0.3) is 5.91 Å². The molecule has 2 aromatic heterocycles. The molecule has 0 saturated carbocycles. The Morgan fingerprint density at radius 3 is 2.73 bits per heavy atom. The molecule has 0 aliphatic heterocycles. The summed E-state index contributed by atoms with van der Waals surface area (Å²) >= 11 is 0. The Balaban J connectivity index is 1.84. The van der Waals surface area contributed by atoms with Gasteiger partial charge >= 0.3 is 0 Å². The van der Waals surface area contributed by atoms with Crippen LogP contribution in [0.4, 0.5) is 0 Å². The van der Waals surface area contributed by atoms with Crippen LogP contribution in [-0.2, 0) is 0 Å². The molecule has 0 aliphatic carbocycles. The highest BCUT2D eigenvalue weighted by Gasteiger charge is 2.09. The van der Waals surface area contributed by atoms with Crippen molar-refractivity contribution in [3.63, 3.8) is 0 Å². The van der Waals surface area contributed by atoms with Crippen molar-refractivity contribution in [2.75, 3.05) is 6.54 Å². The van der Waals surface area contributed by atoms with E-state index in [2.05, 4.69) is 29.1 Å². The summed E-state index contributed by atoms with van der Waals surface area (Å²) in [4.78, 5) is 19.5. The van der Waals surface area contributed by atoms with Crippen molar-refractivity contribution in [2.24, 2.45) is 5.92 Å². The first-order valence-electron chi connectivity index (χ1n) is 7.46. The predicted octanol–water partition coefficient (Wildman–Crippen LogP) is 3.62. The van der Waals surface area contributed by atoms with Crippen LogP contribution in [0, 0.1) is 5.92 Å². The molecular formula is C18H19N3O. The molecule has 3 aromatic rings. The van der Waals surface area contributed by atoms with Crippen molar-refractivity contribution in [1.82, 2.24) is 15.3 Å². The van der Waals surface area contributed by atoms with Crippen LogP contribution in [0.1, 0.15) is 24.2 Å². The Kier molecular flexibility index (Phi) is 3.92. The zero-order chi connectivity index (χ0) is 15.5. The number of rotatable bonds is 4. The molecule has 1 amide bonds.